The van der Waals surface area contributed by atoms with E-state index < -0.39 is 12.0 Å². The minimum Gasteiger partial charge on any atom is -0.480 e. The minimum absolute atomic E-state index is 0.0354. The number of halogens is 1. The largest absolute Gasteiger partial charge is 0.480 e. The number of carboxylic acid groups (broad SMARTS) is 1. The molecule has 1 unspecified atom stereocenters. The van der Waals surface area contributed by atoms with Gasteiger partial charge in [0.05, 0.1) is 12.0 Å². The maximum absolute atomic E-state index is 13.1. The lowest BCUT2D eigenvalue weighted by Crippen LogP contribution is -2.47. The molecule has 1 atom stereocenters. The molecule has 0 radical (unpaired) electrons. The van der Waals surface area contributed by atoms with E-state index in [9.17, 15) is 14.3 Å². The Morgan fingerprint density at radius 3 is 2.61 bits per heavy atom. The fourth-order valence-electron chi connectivity index (χ4n) is 3.25. The minimum atomic E-state index is -0.790. The van der Waals surface area contributed by atoms with E-state index in [1.807, 2.05) is 23.3 Å². The lowest BCUT2D eigenvalue weighted by molar-refractivity contribution is -0.145. The highest BCUT2D eigenvalue weighted by Crippen LogP contribution is 2.25. The van der Waals surface area contributed by atoms with Crippen LogP contribution in [0.15, 0.2) is 30.6 Å². The fraction of sp³-hybridized carbons (Fsp3) is 0.412. The molecule has 2 aromatic rings. The average Bonchev–Trinajstić information content (AvgIpc) is 2.90. The second-order valence-electron chi connectivity index (χ2n) is 6.23. The number of benzene rings is 1. The summed E-state index contributed by atoms with van der Waals surface area (Å²) >= 11 is 0. The summed E-state index contributed by atoms with van der Waals surface area (Å²) in [6.07, 6.45) is 2.45. The van der Waals surface area contributed by atoms with E-state index in [2.05, 4.69) is 4.98 Å². The maximum Gasteiger partial charge on any atom is 0.321 e. The molecule has 3 rings (SSSR count). The molecular formula is C17H20FN3O2. The Morgan fingerprint density at radius 1 is 1.30 bits per heavy atom. The Morgan fingerprint density at radius 2 is 2.00 bits per heavy atom. The van der Waals surface area contributed by atoms with E-state index in [4.69, 9.17) is 0 Å². The van der Waals surface area contributed by atoms with Gasteiger partial charge < -0.3 is 9.67 Å². The first-order chi connectivity index (χ1) is 11.0. The molecule has 1 aromatic heterocycles. The summed E-state index contributed by atoms with van der Waals surface area (Å²) in [5.74, 6) is -1.02. The van der Waals surface area contributed by atoms with E-state index in [1.54, 1.807) is 18.5 Å². The van der Waals surface area contributed by atoms with Gasteiger partial charge in [-0.05, 0) is 30.2 Å². The third kappa shape index (κ3) is 2.99. The molecular weight excluding hydrogens is 297 g/mol. The van der Waals surface area contributed by atoms with Crippen molar-refractivity contribution in [2.45, 2.75) is 32.9 Å². The molecule has 1 aromatic carbocycles. The summed E-state index contributed by atoms with van der Waals surface area (Å²) in [4.78, 5) is 17.9. The lowest BCUT2D eigenvalue weighted by atomic mass is 9.99. The van der Waals surface area contributed by atoms with Crippen molar-refractivity contribution in [1.29, 1.82) is 0 Å². The van der Waals surface area contributed by atoms with Gasteiger partial charge in [-0.2, -0.15) is 0 Å². The molecule has 0 bridgehead atoms. The first kappa shape index (κ1) is 15.7. The van der Waals surface area contributed by atoms with Crippen molar-refractivity contribution >= 4 is 5.97 Å². The van der Waals surface area contributed by atoms with E-state index >= 15 is 0 Å². The zero-order valence-electron chi connectivity index (χ0n) is 13.2. The number of carbonyl (C=O) groups is 1. The number of rotatable bonds is 4. The Balaban J connectivity index is 1.86. The highest BCUT2D eigenvalue weighted by molar-refractivity contribution is 5.73. The Kier molecular flexibility index (Phi) is 4.17. The Bertz CT molecular complexity index is 709. The first-order valence-electron chi connectivity index (χ1n) is 7.75. The molecule has 0 amide bonds. The highest BCUT2D eigenvalue weighted by Gasteiger charge is 2.32. The van der Waals surface area contributed by atoms with E-state index in [0.29, 0.717) is 13.1 Å². The van der Waals surface area contributed by atoms with Crippen molar-refractivity contribution in [3.63, 3.8) is 0 Å². The smallest absolute Gasteiger partial charge is 0.321 e. The molecule has 23 heavy (non-hydrogen) atoms. The van der Waals surface area contributed by atoms with Crippen LogP contribution in [0.4, 0.5) is 4.39 Å². The van der Waals surface area contributed by atoms with Gasteiger partial charge in [-0.3, -0.25) is 9.69 Å². The molecule has 0 saturated carbocycles. The molecule has 6 heteroatoms. The molecule has 1 N–H and O–H groups in total. The van der Waals surface area contributed by atoms with Crippen LogP contribution in [0.2, 0.25) is 0 Å². The number of imidazole rings is 1. The van der Waals surface area contributed by atoms with Crippen molar-refractivity contribution in [2.75, 3.05) is 6.54 Å². The number of aliphatic carboxylic acids is 1. The number of hydrogen-bond acceptors (Lipinski definition) is 3. The third-order valence-corrected chi connectivity index (χ3v) is 4.32. The van der Waals surface area contributed by atoms with Gasteiger partial charge in [-0.15, -0.1) is 0 Å². The third-order valence-electron chi connectivity index (χ3n) is 4.32. The van der Waals surface area contributed by atoms with Gasteiger partial charge in [-0.25, -0.2) is 9.37 Å². The molecule has 2 heterocycles. The summed E-state index contributed by atoms with van der Waals surface area (Å²) < 4.78 is 15.0. The molecule has 0 spiro atoms. The highest BCUT2D eigenvalue weighted by atomic mass is 19.1. The molecule has 0 aliphatic carbocycles. The van der Waals surface area contributed by atoms with Gasteiger partial charge in [0.2, 0.25) is 0 Å². The zero-order valence-corrected chi connectivity index (χ0v) is 13.2. The summed E-state index contributed by atoms with van der Waals surface area (Å²) in [5.41, 5.74) is 2.83. The van der Waals surface area contributed by atoms with Crippen LogP contribution >= 0.6 is 0 Å². The van der Waals surface area contributed by atoms with Gasteiger partial charge in [0.25, 0.3) is 0 Å². The molecule has 5 nitrogen and oxygen atoms in total. The second kappa shape index (κ2) is 6.12. The topological polar surface area (TPSA) is 58.4 Å². The van der Waals surface area contributed by atoms with Gasteiger partial charge in [-0.1, -0.05) is 13.8 Å². The van der Waals surface area contributed by atoms with E-state index in [1.165, 1.54) is 12.1 Å². The van der Waals surface area contributed by atoms with Gasteiger partial charge >= 0.3 is 5.97 Å². The summed E-state index contributed by atoms with van der Waals surface area (Å²) in [6.45, 7) is 5.05. The number of aromatic nitrogens is 2. The summed E-state index contributed by atoms with van der Waals surface area (Å²) in [7, 11) is 0. The molecule has 1 aliphatic heterocycles. The second-order valence-corrected chi connectivity index (χ2v) is 6.23. The Labute approximate surface area is 134 Å². The van der Waals surface area contributed by atoms with Crippen LogP contribution in [0.5, 0.6) is 0 Å². The predicted octanol–water partition coefficient (Wildman–Crippen LogP) is 2.48. The predicted molar refractivity (Wildman–Crippen MR) is 83.9 cm³/mol. The summed E-state index contributed by atoms with van der Waals surface area (Å²) in [6, 6.07) is 5.79. The average molecular weight is 317 g/mol. The SMILES string of the molecule is CC(C)C(C(=O)O)N1CCc2c(ncn2-c2ccc(F)cc2)C1. The van der Waals surface area contributed by atoms with E-state index in [0.717, 1.165) is 23.5 Å². The molecule has 0 saturated heterocycles. The van der Waals surface area contributed by atoms with Crippen LogP contribution in [0.1, 0.15) is 25.2 Å². The van der Waals surface area contributed by atoms with E-state index in [-0.39, 0.29) is 11.7 Å². The van der Waals surface area contributed by atoms with Crippen LogP contribution in [0.3, 0.4) is 0 Å². The lowest BCUT2D eigenvalue weighted by Gasteiger charge is -2.34. The normalized spacial score (nSPS) is 16.3. The van der Waals surface area contributed by atoms with Gasteiger partial charge in [0, 0.05) is 30.9 Å². The molecule has 122 valence electrons. The number of fused-ring (bicyclic) bond motifs is 1. The molecule has 1 aliphatic rings. The van der Waals surface area contributed by atoms with Crippen LogP contribution in [-0.2, 0) is 17.8 Å². The monoisotopic (exact) mass is 317 g/mol. The van der Waals surface area contributed by atoms with Crippen molar-refractivity contribution in [2.24, 2.45) is 5.92 Å². The Hall–Kier alpha value is -2.21. The van der Waals surface area contributed by atoms with Gasteiger partial charge in [0.15, 0.2) is 0 Å². The standard InChI is InChI=1S/C17H20FN3O2/c1-11(2)16(17(22)23)20-8-7-15-14(9-20)19-10-21(15)13-5-3-12(18)4-6-13/h3-6,10-11,16H,7-9H2,1-2H3,(H,22,23). The van der Waals surface area contributed by atoms with Crippen molar-refractivity contribution < 1.29 is 14.3 Å². The van der Waals surface area contributed by atoms with Crippen LogP contribution in [-0.4, -0.2) is 38.1 Å². The van der Waals surface area contributed by atoms with Gasteiger partial charge in [0.1, 0.15) is 11.9 Å². The fourth-order valence-corrected chi connectivity index (χ4v) is 3.25. The van der Waals surface area contributed by atoms with Crippen LogP contribution in [0.25, 0.3) is 5.69 Å². The number of hydrogen-bond donors (Lipinski definition) is 1. The first-order valence-corrected chi connectivity index (χ1v) is 7.75. The van der Waals surface area contributed by atoms with Crippen LogP contribution in [0, 0.1) is 11.7 Å². The van der Waals surface area contributed by atoms with Crippen molar-refractivity contribution in [3.05, 3.63) is 47.8 Å². The number of nitrogens with zero attached hydrogens (tertiary/aromatic N) is 3. The number of carboxylic acids is 1. The zero-order chi connectivity index (χ0) is 16.6. The molecule has 0 fully saturated rings. The quantitative estimate of drug-likeness (QED) is 0.941. The van der Waals surface area contributed by atoms with Crippen molar-refractivity contribution in [3.8, 4) is 5.69 Å². The van der Waals surface area contributed by atoms with Crippen molar-refractivity contribution in [1.82, 2.24) is 14.5 Å². The van der Waals surface area contributed by atoms with Crippen LogP contribution < -0.4 is 0 Å². The summed E-state index contributed by atoms with van der Waals surface area (Å²) in [5, 5.41) is 9.45. The maximum atomic E-state index is 13.1.